The molecule has 28 heavy (non-hydrogen) atoms. The van der Waals surface area contributed by atoms with E-state index in [0.717, 1.165) is 11.1 Å². The molecule has 0 bridgehead atoms. The fraction of sp³-hybridized carbons (Fsp3) is 0.286. The summed E-state index contributed by atoms with van der Waals surface area (Å²) < 4.78 is 39.3. The molecule has 2 rings (SSSR count). The first kappa shape index (κ1) is 21.8. The highest BCUT2D eigenvalue weighted by Crippen LogP contribution is 2.17. The van der Waals surface area contributed by atoms with Gasteiger partial charge in [0.25, 0.3) is 0 Å². The molecule has 5 nitrogen and oxygen atoms in total. The number of rotatable bonds is 8. The van der Waals surface area contributed by atoms with Crippen LogP contribution in [0.5, 0.6) is 0 Å². The van der Waals surface area contributed by atoms with Crippen LogP contribution in [0.3, 0.4) is 0 Å². The van der Waals surface area contributed by atoms with E-state index in [-0.39, 0.29) is 16.6 Å². The van der Waals surface area contributed by atoms with Crippen LogP contribution in [0.15, 0.2) is 59.5 Å². The molecule has 1 amide bonds. The Hall–Kier alpha value is -2.51. The van der Waals surface area contributed by atoms with Gasteiger partial charge in [-0.3, -0.25) is 4.79 Å². The van der Waals surface area contributed by atoms with Crippen molar-refractivity contribution in [2.45, 2.75) is 25.3 Å². The fourth-order valence-electron chi connectivity index (χ4n) is 2.70. The normalized spacial score (nSPS) is 11.9. The summed E-state index contributed by atoms with van der Waals surface area (Å²) in [5.74, 6) is -0.520. The number of carbonyl (C=O) groups is 1. The molecule has 0 aliphatic heterocycles. The molecule has 0 spiro atoms. The molecule has 0 aromatic heterocycles. The lowest BCUT2D eigenvalue weighted by Crippen LogP contribution is -2.30. The molecule has 7 heteroatoms. The number of halogens is 1. The molecule has 0 heterocycles. The monoisotopic (exact) mass is 404 g/mol. The summed E-state index contributed by atoms with van der Waals surface area (Å²) in [6, 6.07) is 12.4. The number of nitrogens with zero attached hydrogens (tertiary/aromatic N) is 2. The van der Waals surface area contributed by atoms with Crippen LogP contribution in [0.25, 0.3) is 6.08 Å². The zero-order chi connectivity index (χ0) is 20.7. The summed E-state index contributed by atoms with van der Waals surface area (Å²) in [5, 5.41) is 0. The van der Waals surface area contributed by atoms with Crippen molar-refractivity contribution in [2.75, 3.05) is 20.1 Å². The second-order valence-corrected chi connectivity index (χ2v) is 8.25. The first-order valence-electron chi connectivity index (χ1n) is 9.05. The maximum Gasteiger partial charge on any atom is 0.246 e. The minimum atomic E-state index is -3.49. The molecule has 2 aromatic carbocycles. The third kappa shape index (κ3) is 5.50. The molecule has 0 aliphatic rings. The zero-order valence-corrected chi connectivity index (χ0v) is 17.1. The van der Waals surface area contributed by atoms with Gasteiger partial charge >= 0.3 is 0 Å². The van der Waals surface area contributed by atoms with Gasteiger partial charge in [-0.1, -0.05) is 38.1 Å². The summed E-state index contributed by atoms with van der Waals surface area (Å²) in [4.78, 5) is 14.0. The van der Waals surface area contributed by atoms with Crippen LogP contribution in [0.2, 0.25) is 0 Å². The minimum absolute atomic E-state index is 0.204. The fourth-order valence-corrected chi connectivity index (χ4v) is 4.16. The van der Waals surface area contributed by atoms with E-state index in [0.29, 0.717) is 19.6 Å². The lowest BCUT2D eigenvalue weighted by atomic mass is 10.2. The Labute approximate surface area is 166 Å². The van der Waals surface area contributed by atoms with Gasteiger partial charge < -0.3 is 4.90 Å². The van der Waals surface area contributed by atoms with Gasteiger partial charge in [0.1, 0.15) is 5.82 Å². The maximum atomic E-state index is 12.9. The third-order valence-corrected chi connectivity index (χ3v) is 6.41. The van der Waals surface area contributed by atoms with Gasteiger partial charge in [0.05, 0.1) is 4.90 Å². The van der Waals surface area contributed by atoms with E-state index in [1.807, 2.05) is 0 Å². The number of amides is 1. The SMILES string of the molecule is CCN(CC)S(=O)(=O)c1ccc(C=CC(=O)N(C)Cc2ccc(F)cc2)cc1. The third-order valence-electron chi connectivity index (χ3n) is 4.35. The van der Waals surface area contributed by atoms with Crippen LogP contribution in [0, 0.1) is 5.82 Å². The van der Waals surface area contributed by atoms with E-state index in [4.69, 9.17) is 0 Å². The topological polar surface area (TPSA) is 57.7 Å². The Kier molecular flexibility index (Phi) is 7.48. The molecule has 0 saturated heterocycles. The van der Waals surface area contributed by atoms with Crippen LogP contribution in [0.4, 0.5) is 4.39 Å². The first-order chi connectivity index (χ1) is 13.3. The van der Waals surface area contributed by atoms with E-state index in [9.17, 15) is 17.6 Å². The molecular formula is C21H25FN2O3S. The highest BCUT2D eigenvalue weighted by molar-refractivity contribution is 7.89. The number of likely N-dealkylation sites (N-methyl/N-ethyl adjacent to an activating group) is 1. The number of hydrogen-bond donors (Lipinski definition) is 0. The van der Waals surface area contributed by atoms with Gasteiger partial charge in [-0.05, 0) is 41.5 Å². The van der Waals surface area contributed by atoms with E-state index in [1.54, 1.807) is 63.4 Å². The predicted octanol–water partition coefficient (Wildman–Crippen LogP) is 3.53. The standard InChI is InChI=1S/C21H25FN2O3S/c1-4-24(5-2)28(26,27)20-13-8-17(9-14-20)10-15-21(25)23(3)16-18-6-11-19(22)12-7-18/h6-15H,4-5,16H2,1-3H3. The Morgan fingerprint density at radius 3 is 2.11 bits per heavy atom. The van der Waals surface area contributed by atoms with Gasteiger partial charge in [0.15, 0.2) is 0 Å². The van der Waals surface area contributed by atoms with Gasteiger partial charge in [-0.2, -0.15) is 4.31 Å². The minimum Gasteiger partial charge on any atom is -0.338 e. The van der Waals surface area contributed by atoms with Crippen molar-refractivity contribution in [2.24, 2.45) is 0 Å². The second kappa shape index (κ2) is 9.61. The van der Waals surface area contributed by atoms with Crippen LogP contribution >= 0.6 is 0 Å². The summed E-state index contributed by atoms with van der Waals surface area (Å²) in [7, 11) is -1.83. The van der Waals surface area contributed by atoms with E-state index < -0.39 is 10.0 Å². The molecule has 150 valence electrons. The number of benzene rings is 2. The highest BCUT2D eigenvalue weighted by Gasteiger charge is 2.20. The molecule has 0 fully saturated rings. The summed E-state index contributed by atoms with van der Waals surface area (Å²) in [6.45, 7) is 4.79. The van der Waals surface area contributed by atoms with E-state index in [2.05, 4.69) is 0 Å². The maximum absolute atomic E-state index is 12.9. The Morgan fingerprint density at radius 1 is 1.00 bits per heavy atom. The zero-order valence-electron chi connectivity index (χ0n) is 16.3. The van der Waals surface area contributed by atoms with Gasteiger partial charge in [0, 0.05) is 32.8 Å². The molecule has 0 atom stereocenters. The van der Waals surface area contributed by atoms with Crippen LogP contribution in [-0.2, 0) is 21.4 Å². The lowest BCUT2D eigenvalue weighted by molar-refractivity contribution is -0.125. The van der Waals surface area contributed by atoms with Crippen molar-refractivity contribution in [3.8, 4) is 0 Å². The summed E-state index contributed by atoms with van der Waals surface area (Å²) >= 11 is 0. The van der Waals surface area contributed by atoms with Gasteiger partial charge in [-0.15, -0.1) is 0 Å². The largest absolute Gasteiger partial charge is 0.338 e. The molecule has 0 radical (unpaired) electrons. The van der Waals surface area contributed by atoms with Gasteiger partial charge in [0.2, 0.25) is 15.9 Å². The molecule has 0 unspecified atom stereocenters. The average molecular weight is 405 g/mol. The Balaban J connectivity index is 2.03. The predicted molar refractivity (Wildman–Crippen MR) is 108 cm³/mol. The average Bonchev–Trinajstić information content (AvgIpc) is 2.69. The summed E-state index contributed by atoms with van der Waals surface area (Å²) in [6.07, 6.45) is 3.06. The van der Waals surface area contributed by atoms with Crippen molar-refractivity contribution in [3.63, 3.8) is 0 Å². The Morgan fingerprint density at radius 2 is 1.57 bits per heavy atom. The van der Waals surface area contributed by atoms with Crippen molar-refractivity contribution < 1.29 is 17.6 Å². The number of hydrogen-bond acceptors (Lipinski definition) is 3. The highest BCUT2D eigenvalue weighted by atomic mass is 32.2. The molecule has 0 N–H and O–H groups in total. The lowest BCUT2D eigenvalue weighted by Gasteiger charge is -2.18. The second-order valence-electron chi connectivity index (χ2n) is 6.31. The van der Waals surface area contributed by atoms with Gasteiger partial charge in [-0.25, -0.2) is 12.8 Å². The number of sulfonamides is 1. The van der Waals surface area contributed by atoms with Crippen LogP contribution in [-0.4, -0.2) is 43.7 Å². The van der Waals surface area contributed by atoms with Crippen molar-refractivity contribution in [1.29, 1.82) is 0 Å². The van der Waals surface area contributed by atoms with Crippen molar-refractivity contribution in [3.05, 3.63) is 71.6 Å². The van der Waals surface area contributed by atoms with Crippen LogP contribution < -0.4 is 0 Å². The molecule has 2 aromatic rings. The van der Waals surface area contributed by atoms with Crippen molar-refractivity contribution >= 4 is 22.0 Å². The van der Waals surface area contributed by atoms with Crippen molar-refractivity contribution in [1.82, 2.24) is 9.21 Å². The number of carbonyl (C=O) groups excluding carboxylic acids is 1. The summed E-state index contributed by atoms with van der Waals surface area (Å²) in [5.41, 5.74) is 1.55. The quantitative estimate of drug-likeness (QED) is 0.633. The van der Waals surface area contributed by atoms with E-state index >= 15 is 0 Å². The molecular weight excluding hydrogens is 379 g/mol. The first-order valence-corrected chi connectivity index (χ1v) is 10.5. The van der Waals surface area contributed by atoms with E-state index in [1.165, 1.54) is 27.4 Å². The molecule has 0 saturated carbocycles. The smallest absolute Gasteiger partial charge is 0.246 e. The molecule has 0 aliphatic carbocycles. The Bertz CT molecular complexity index is 919. The van der Waals surface area contributed by atoms with Crippen LogP contribution in [0.1, 0.15) is 25.0 Å².